The van der Waals surface area contributed by atoms with Gasteiger partial charge >= 0.3 is 0 Å². The summed E-state index contributed by atoms with van der Waals surface area (Å²) in [5.41, 5.74) is 0.169. The Bertz CT molecular complexity index is 644. The Morgan fingerprint density at radius 1 is 1.10 bits per heavy atom. The molecule has 4 nitrogen and oxygen atoms in total. The molecule has 0 N–H and O–H groups in total. The predicted octanol–water partition coefficient (Wildman–Crippen LogP) is 1.97. The van der Waals surface area contributed by atoms with Crippen molar-refractivity contribution in [3.8, 4) is 24.0 Å². The molecular weight excluding hydrogens is 276 g/mol. The molecule has 0 unspecified atom stereocenters. The number of hydrogen-bond acceptors (Lipinski definition) is 3. The van der Waals surface area contributed by atoms with Crippen LogP contribution in [0, 0.1) is 46.1 Å². The van der Waals surface area contributed by atoms with Crippen LogP contribution in [0.15, 0.2) is 18.2 Å². The predicted molar refractivity (Wildman–Crippen MR) is 70.3 cm³/mol. The SMILES string of the molecule is N#CCCN(CCC#N)C(=O)C#Cc1ccc(F)c(F)c1. The van der Waals surface area contributed by atoms with E-state index in [1.54, 1.807) is 0 Å². The van der Waals surface area contributed by atoms with Crippen LogP contribution in [0.4, 0.5) is 8.78 Å². The Kier molecular flexibility index (Phi) is 6.38. The molecule has 1 rings (SSSR count). The lowest BCUT2D eigenvalue weighted by atomic mass is 10.2. The molecule has 106 valence electrons. The van der Waals surface area contributed by atoms with E-state index in [2.05, 4.69) is 11.8 Å². The minimum Gasteiger partial charge on any atom is -0.330 e. The molecule has 0 aliphatic rings. The summed E-state index contributed by atoms with van der Waals surface area (Å²) in [7, 11) is 0. The molecular formula is C15H11F2N3O. The number of rotatable bonds is 4. The Morgan fingerprint density at radius 2 is 1.71 bits per heavy atom. The fraction of sp³-hybridized carbons (Fsp3) is 0.267. The lowest BCUT2D eigenvalue weighted by molar-refractivity contribution is -0.125. The quantitative estimate of drug-likeness (QED) is 0.795. The minimum absolute atomic E-state index is 0.129. The van der Waals surface area contributed by atoms with Crippen LogP contribution in [0.5, 0.6) is 0 Å². The fourth-order valence-electron chi connectivity index (χ4n) is 1.46. The first-order valence-corrected chi connectivity index (χ1v) is 6.08. The summed E-state index contributed by atoms with van der Waals surface area (Å²) in [4.78, 5) is 13.1. The van der Waals surface area contributed by atoms with Gasteiger partial charge in [0.15, 0.2) is 11.6 Å². The van der Waals surface area contributed by atoms with E-state index in [-0.39, 0.29) is 31.5 Å². The van der Waals surface area contributed by atoms with E-state index >= 15 is 0 Å². The molecule has 6 heteroatoms. The average Bonchev–Trinajstić information content (AvgIpc) is 2.48. The van der Waals surface area contributed by atoms with Gasteiger partial charge in [0, 0.05) is 24.6 Å². The molecule has 0 aromatic heterocycles. The second-order valence-electron chi connectivity index (χ2n) is 3.99. The number of carbonyl (C=O) groups excluding carboxylic acids is 1. The highest BCUT2D eigenvalue weighted by molar-refractivity contribution is 5.94. The lowest BCUT2D eigenvalue weighted by Crippen LogP contribution is -2.31. The summed E-state index contributed by atoms with van der Waals surface area (Å²) in [5.74, 6) is 2.13. The molecule has 0 saturated heterocycles. The van der Waals surface area contributed by atoms with Crippen LogP contribution in [0.3, 0.4) is 0 Å². The van der Waals surface area contributed by atoms with E-state index in [0.29, 0.717) is 0 Å². The van der Waals surface area contributed by atoms with Crippen molar-refractivity contribution in [1.29, 1.82) is 10.5 Å². The summed E-state index contributed by atoms with van der Waals surface area (Å²) >= 11 is 0. The lowest BCUT2D eigenvalue weighted by Gasteiger charge is -2.16. The van der Waals surface area contributed by atoms with Gasteiger partial charge in [0.25, 0.3) is 5.91 Å². The standard InChI is InChI=1S/C15H11F2N3O/c16-13-5-3-12(11-14(13)17)4-6-15(21)20(9-1-7-18)10-2-8-19/h3,5,11H,1-2,9-10H2. The van der Waals surface area contributed by atoms with Gasteiger partial charge in [-0.25, -0.2) is 8.78 Å². The second-order valence-corrected chi connectivity index (χ2v) is 3.99. The van der Waals surface area contributed by atoms with Crippen LogP contribution < -0.4 is 0 Å². The molecule has 1 amide bonds. The highest BCUT2D eigenvalue weighted by Gasteiger charge is 2.10. The maximum absolute atomic E-state index is 13.0. The zero-order valence-corrected chi connectivity index (χ0v) is 11.1. The van der Waals surface area contributed by atoms with Crippen LogP contribution >= 0.6 is 0 Å². The molecule has 0 spiro atoms. The molecule has 1 aromatic carbocycles. The highest BCUT2D eigenvalue weighted by Crippen LogP contribution is 2.07. The number of nitrogens with zero attached hydrogens (tertiary/aromatic N) is 3. The molecule has 0 atom stereocenters. The Balaban J connectivity index is 2.81. The molecule has 0 bridgehead atoms. The molecule has 0 fully saturated rings. The summed E-state index contributed by atoms with van der Waals surface area (Å²) in [6.45, 7) is 0.340. The molecule has 0 radical (unpaired) electrons. The van der Waals surface area contributed by atoms with Crippen molar-refractivity contribution in [3.05, 3.63) is 35.4 Å². The number of benzene rings is 1. The first-order chi connectivity index (χ1) is 10.1. The number of halogens is 2. The van der Waals surface area contributed by atoms with Gasteiger partial charge < -0.3 is 4.90 Å². The Morgan fingerprint density at radius 3 is 2.24 bits per heavy atom. The van der Waals surface area contributed by atoms with Crippen molar-refractivity contribution in [2.45, 2.75) is 12.8 Å². The third kappa shape index (κ3) is 5.30. The third-order valence-electron chi connectivity index (χ3n) is 2.51. The van der Waals surface area contributed by atoms with Crippen molar-refractivity contribution >= 4 is 5.91 Å². The van der Waals surface area contributed by atoms with Crippen molar-refractivity contribution < 1.29 is 13.6 Å². The van der Waals surface area contributed by atoms with Crippen molar-refractivity contribution in [1.82, 2.24) is 4.90 Å². The van der Waals surface area contributed by atoms with Crippen molar-refractivity contribution in [2.75, 3.05) is 13.1 Å². The third-order valence-corrected chi connectivity index (χ3v) is 2.51. The Hall–Kier alpha value is -2.91. The molecule has 0 heterocycles. The monoisotopic (exact) mass is 287 g/mol. The zero-order valence-electron chi connectivity index (χ0n) is 11.1. The number of hydrogen-bond donors (Lipinski definition) is 0. The highest BCUT2D eigenvalue weighted by atomic mass is 19.2. The van der Waals surface area contributed by atoms with Gasteiger partial charge in [-0.1, -0.05) is 5.92 Å². The fourth-order valence-corrected chi connectivity index (χ4v) is 1.46. The zero-order chi connectivity index (χ0) is 15.7. The summed E-state index contributed by atoms with van der Waals surface area (Å²) in [6, 6.07) is 6.88. The average molecular weight is 287 g/mol. The topological polar surface area (TPSA) is 67.9 Å². The van der Waals surface area contributed by atoms with Gasteiger partial charge in [-0.3, -0.25) is 4.79 Å². The number of carbonyl (C=O) groups is 1. The first kappa shape index (κ1) is 16.1. The van der Waals surface area contributed by atoms with Crippen LogP contribution in [0.2, 0.25) is 0 Å². The van der Waals surface area contributed by atoms with E-state index < -0.39 is 17.5 Å². The largest absolute Gasteiger partial charge is 0.330 e. The van der Waals surface area contributed by atoms with Gasteiger partial charge in [-0.05, 0) is 18.2 Å². The second kappa shape index (κ2) is 8.30. The van der Waals surface area contributed by atoms with Gasteiger partial charge in [-0.2, -0.15) is 10.5 Å². The van der Waals surface area contributed by atoms with E-state index in [1.807, 2.05) is 12.1 Å². The first-order valence-electron chi connectivity index (χ1n) is 6.08. The van der Waals surface area contributed by atoms with Gasteiger partial charge in [0.05, 0.1) is 25.0 Å². The van der Waals surface area contributed by atoms with E-state index in [9.17, 15) is 13.6 Å². The van der Waals surface area contributed by atoms with Crippen LogP contribution in [0.25, 0.3) is 0 Å². The maximum Gasteiger partial charge on any atom is 0.298 e. The normalized spacial score (nSPS) is 8.95. The van der Waals surface area contributed by atoms with Crippen molar-refractivity contribution in [2.24, 2.45) is 0 Å². The smallest absolute Gasteiger partial charge is 0.298 e. The maximum atomic E-state index is 13.0. The summed E-state index contributed by atoms with van der Waals surface area (Å²) in [6.07, 6.45) is 0.258. The van der Waals surface area contributed by atoms with Crippen LogP contribution in [0.1, 0.15) is 18.4 Å². The molecule has 0 aliphatic carbocycles. The molecule has 0 saturated carbocycles. The molecule has 0 aliphatic heterocycles. The summed E-state index contributed by atoms with van der Waals surface area (Å²) in [5, 5.41) is 17.0. The van der Waals surface area contributed by atoms with Crippen LogP contribution in [-0.4, -0.2) is 23.9 Å². The van der Waals surface area contributed by atoms with E-state index in [1.165, 1.54) is 11.0 Å². The molecule has 21 heavy (non-hydrogen) atoms. The van der Waals surface area contributed by atoms with E-state index in [4.69, 9.17) is 10.5 Å². The van der Waals surface area contributed by atoms with Crippen molar-refractivity contribution in [3.63, 3.8) is 0 Å². The Labute approximate surface area is 121 Å². The van der Waals surface area contributed by atoms with Gasteiger partial charge in [0.1, 0.15) is 0 Å². The van der Waals surface area contributed by atoms with Gasteiger partial charge in [0.2, 0.25) is 0 Å². The number of nitriles is 2. The molecule has 1 aromatic rings. The minimum atomic E-state index is -1.04. The van der Waals surface area contributed by atoms with E-state index in [0.717, 1.165) is 12.1 Å². The summed E-state index contributed by atoms with van der Waals surface area (Å²) < 4.78 is 25.7. The van der Waals surface area contributed by atoms with Gasteiger partial charge in [-0.15, -0.1) is 0 Å². The van der Waals surface area contributed by atoms with Crippen LogP contribution in [-0.2, 0) is 4.79 Å². The number of amides is 1.